The monoisotopic (exact) mass is 278 g/mol. The summed E-state index contributed by atoms with van der Waals surface area (Å²) in [4.78, 5) is 7.08. The molecule has 1 unspecified atom stereocenters. The van der Waals surface area contributed by atoms with Crippen molar-refractivity contribution in [2.24, 2.45) is 5.92 Å². The quantitative estimate of drug-likeness (QED) is 0.865. The summed E-state index contributed by atoms with van der Waals surface area (Å²) in [7, 11) is 0. The number of fused-ring (bicyclic) bond motifs is 1. The Morgan fingerprint density at radius 2 is 2.32 bits per heavy atom. The molecule has 1 atom stereocenters. The number of likely N-dealkylation sites (tertiary alicyclic amines) is 1. The maximum atomic E-state index is 5.96. The maximum Gasteiger partial charge on any atom is 0.157 e. The van der Waals surface area contributed by atoms with Crippen LogP contribution in [0.1, 0.15) is 26.1 Å². The predicted molar refractivity (Wildman–Crippen MR) is 76.5 cm³/mol. The Hall–Kier alpha value is -1.13. The maximum absolute atomic E-state index is 5.96. The average Bonchev–Trinajstić information content (AvgIpc) is 2.95. The first kappa shape index (κ1) is 12.9. The van der Waals surface area contributed by atoms with Crippen LogP contribution in [-0.4, -0.2) is 38.6 Å². The van der Waals surface area contributed by atoms with E-state index in [1.165, 1.54) is 13.0 Å². The molecule has 1 aliphatic rings. The van der Waals surface area contributed by atoms with Crippen LogP contribution in [0.3, 0.4) is 0 Å². The van der Waals surface area contributed by atoms with Crippen molar-refractivity contribution in [2.75, 3.05) is 13.1 Å². The van der Waals surface area contributed by atoms with Crippen molar-refractivity contribution in [3.63, 3.8) is 0 Å². The standard InChI is InChI=1S/C14H19ClN4/c1-10(2)18-5-3-11(9-18)7-13-16-14-8-12(15)4-6-19(14)17-13/h4,6,8,10-11H,3,5,7,9H2,1-2H3. The van der Waals surface area contributed by atoms with Gasteiger partial charge in [0, 0.05) is 36.3 Å². The van der Waals surface area contributed by atoms with Crippen molar-refractivity contribution in [3.05, 3.63) is 29.2 Å². The normalized spacial score (nSPS) is 20.7. The summed E-state index contributed by atoms with van der Waals surface area (Å²) in [6.07, 6.45) is 4.07. The Kier molecular flexibility index (Phi) is 3.46. The molecule has 2 aromatic heterocycles. The van der Waals surface area contributed by atoms with Gasteiger partial charge in [-0.15, -0.1) is 0 Å². The molecule has 0 radical (unpaired) electrons. The summed E-state index contributed by atoms with van der Waals surface area (Å²) in [5.74, 6) is 1.60. The number of pyridine rings is 1. The largest absolute Gasteiger partial charge is 0.301 e. The highest BCUT2D eigenvalue weighted by Crippen LogP contribution is 2.21. The van der Waals surface area contributed by atoms with E-state index in [2.05, 4.69) is 28.8 Å². The van der Waals surface area contributed by atoms with Crippen LogP contribution in [0.2, 0.25) is 5.02 Å². The molecule has 102 valence electrons. The molecule has 1 aliphatic heterocycles. The van der Waals surface area contributed by atoms with Gasteiger partial charge in [-0.05, 0) is 38.8 Å². The molecule has 5 heteroatoms. The van der Waals surface area contributed by atoms with E-state index in [1.54, 1.807) is 4.52 Å². The van der Waals surface area contributed by atoms with Crippen LogP contribution < -0.4 is 0 Å². The third kappa shape index (κ3) is 2.74. The van der Waals surface area contributed by atoms with Gasteiger partial charge in [-0.1, -0.05) is 11.6 Å². The highest BCUT2D eigenvalue weighted by Gasteiger charge is 2.25. The molecule has 19 heavy (non-hydrogen) atoms. The number of rotatable bonds is 3. The molecule has 4 nitrogen and oxygen atoms in total. The van der Waals surface area contributed by atoms with E-state index in [0.29, 0.717) is 17.0 Å². The Morgan fingerprint density at radius 1 is 1.47 bits per heavy atom. The second kappa shape index (κ2) is 5.10. The van der Waals surface area contributed by atoms with Crippen LogP contribution in [-0.2, 0) is 6.42 Å². The van der Waals surface area contributed by atoms with Gasteiger partial charge in [0.25, 0.3) is 0 Å². The fourth-order valence-electron chi connectivity index (χ4n) is 2.75. The molecule has 0 aromatic carbocycles. The van der Waals surface area contributed by atoms with Gasteiger partial charge in [0.1, 0.15) is 0 Å². The molecule has 1 fully saturated rings. The van der Waals surface area contributed by atoms with Gasteiger partial charge in [-0.25, -0.2) is 9.50 Å². The number of hydrogen-bond acceptors (Lipinski definition) is 3. The van der Waals surface area contributed by atoms with Crippen molar-refractivity contribution in [1.29, 1.82) is 0 Å². The first-order chi connectivity index (χ1) is 9.11. The molecule has 3 heterocycles. The minimum Gasteiger partial charge on any atom is -0.301 e. The second-order valence-corrected chi connectivity index (χ2v) is 6.06. The zero-order valence-electron chi connectivity index (χ0n) is 11.4. The summed E-state index contributed by atoms with van der Waals surface area (Å²) in [5, 5.41) is 5.22. The van der Waals surface area contributed by atoms with Crippen molar-refractivity contribution in [3.8, 4) is 0 Å². The first-order valence-corrected chi connectivity index (χ1v) is 7.24. The van der Waals surface area contributed by atoms with Gasteiger partial charge >= 0.3 is 0 Å². The van der Waals surface area contributed by atoms with Gasteiger partial charge < -0.3 is 4.90 Å². The Labute approximate surface area is 118 Å². The molecular formula is C14H19ClN4. The van der Waals surface area contributed by atoms with Crippen LogP contribution in [0.5, 0.6) is 0 Å². The Morgan fingerprint density at radius 3 is 3.05 bits per heavy atom. The molecule has 0 bridgehead atoms. The fraction of sp³-hybridized carbons (Fsp3) is 0.571. The zero-order valence-corrected chi connectivity index (χ0v) is 12.1. The lowest BCUT2D eigenvalue weighted by molar-refractivity contribution is 0.264. The molecule has 0 spiro atoms. The zero-order chi connectivity index (χ0) is 13.4. The van der Waals surface area contributed by atoms with Crippen LogP contribution in [0.25, 0.3) is 5.65 Å². The van der Waals surface area contributed by atoms with Crippen molar-refractivity contribution < 1.29 is 0 Å². The summed E-state index contributed by atoms with van der Waals surface area (Å²) >= 11 is 5.96. The van der Waals surface area contributed by atoms with Crippen molar-refractivity contribution in [1.82, 2.24) is 19.5 Å². The van der Waals surface area contributed by atoms with Crippen molar-refractivity contribution in [2.45, 2.75) is 32.7 Å². The number of hydrogen-bond donors (Lipinski definition) is 0. The Balaban J connectivity index is 1.72. The molecule has 0 saturated carbocycles. The topological polar surface area (TPSA) is 33.4 Å². The van der Waals surface area contributed by atoms with E-state index in [9.17, 15) is 0 Å². The lowest BCUT2D eigenvalue weighted by atomic mass is 10.1. The highest BCUT2D eigenvalue weighted by atomic mass is 35.5. The SMILES string of the molecule is CC(C)N1CCC(Cc2nc3cc(Cl)ccn3n2)C1. The summed E-state index contributed by atoms with van der Waals surface area (Å²) in [5.41, 5.74) is 0.834. The molecule has 2 aromatic rings. The summed E-state index contributed by atoms with van der Waals surface area (Å²) in [6.45, 7) is 6.87. The fourth-order valence-corrected chi connectivity index (χ4v) is 2.90. The van der Waals surface area contributed by atoms with Crippen LogP contribution >= 0.6 is 11.6 Å². The minimum atomic E-state index is 0.637. The number of nitrogens with zero attached hydrogens (tertiary/aromatic N) is 4. The smallest absolute Gasteiger partial charge is 0.157 e. The summed E-state index contributed by atoms with van der Waals surface area (Å²) < 4.78 is 1.80. The highest BCUT2D eigenvalue weighted by molar-refractivity contribution is 6.30. The summed E-state index contributed by atoms with van der Waals surface area (Å²) in [6, 6.07) is 4.33. The average molecular weight is 279 g/mol. The Bertz CT molecular complexity index is 578. The van der Waals surface area contributed by atoms with E-state index in [4.69, 9.17) is 11.6 Å². The van der Waals surface area contributed by atoms with E-state index in [1.807, 2.05) is 18.3 Å². The van der Waals surface area contributed by atoms with Gasteiger partial charge in [0.05, 0.1) is 0 Å². The number of aromatic nitrogens is 3. The van der Waals surface area contributed by atoms with Crippen LogP contribution in [0.15, 0.2) is 18.3 Å². The van der Waals surface area contributed by atoms with E-state index in [0.717, 1.165) is 24.4 Å². The van der Waals surface area contributed by atoms with Crippen LogP contribution in [0, 0.1) is 5.92 Å². The van der Waals surface area contributed by atoms with E-state index < -0.39 is 0 Å². The molecule has 0 amide bonds. The molecule has 3 rings (SSSR count). The third-order valence-corrected chi connectivity index (χ3v) is 4.10. The van der Waals surface area contributed by atoms with Crippen LogP contribution in [0.4, 0.5) is 0 Å². The molecular weight excluding hydrogens is 260 g/mol. The molecule has 0 N–H and O–H groups in total. The van der Waals surface area contributed by atoms with E-state index >= 15 is 0 Å². The first-order valence-electron chi connectivity index (χ1n) is 6.86. The van der Waals surface area contributed by atoms with Gasteiger partial charge in [0.15, 0.2) is 11.5 Å². The van der Waals surface area contributed by atoms with Gasteiger partial charge in [0.2, 0.25) is 0 Å². The lowest BCUT2D eigenvalue weighted by Gasteiger charge is -2.19. The lowest BCUT2D eigenvalue weighted by Crippen LogP contribution is -2.28. The third-order valence-electron chi connectivity index (χ3n) is 3.86. The number of halogens is 1. The predicted octanol–water partition coefficient (Wildman–Crippen LogP) is 2.66. The second-order valence-electron chi connectivity index (χ2n) is 5.62. The molecule has 0 aliphatic carbocycles. The van der Waals surface area contributed by atoms with E-state index in [-0.39, 0.29) is 0 Å². The van der Waals surface area contributed by atoms with Crippen molar-refractivity contribution >= 4 is 17.2 Å². The van der Waals surface area contributed by atoms with Gasteiger partial charge in [-0.2, -0.15) is 5.10 Å². The minimum absolute atomic E-state index is 0.637. The molecule has 1 saturated heterocycles. The van der Waals surface area contributed by atoms with Gasteiger partial charge in [-0.3, -0.25) is 0 Å².